The van der Waals surface area contributed by atoms with E-state index in [0.717, 1.165) is 16.8 Å². The summed E-state index contributed by atoms with van der Waals surface area (Å²) in [4.78, 5) is 12.3. The zero-order chi connectivity index (χ0) is 19.8. The van der Waals surface area contributed by atoms with E-state index in [4.69, 9.17) is 14.2 Å². The molecule has 0 fully saturated rings. The lowest BCUT2D eigenvalue weighted by Gasteiger charge is -2.15. The smallest absolute Gasteiger partial charge is 0.319 e. The Morgan fingerprint density at radius 1 is 0.963 bits per heavy atom. The molecular formula is C21H28N2O4. The molecule has 146 valence electrons. The molecule has 0 aliphatic rings. The average molecular weight is 372 g/mol. The van der Waals surface area contributed by atoms with Crippen molar-refractivity contribution in [3.05, 3.63) is 47.5 Å². The summed E-state index contributed by atoms with van der Waals surface area (Å²) in [6.07, 6.45) is 0.600. The highest BCUT2D eigenvalue weighted by molar-refractivity contribution is 5.90. The van der Waals surface area contributed by atoms with Gasteiger partial charge in [-0.2, -0.15) is 0 Å². The molecule has 0 spiro atoms. The number of rotatable bonds is 8. The van der Waals surface area contributed by atoms with Crippen LogP contribution in [0.25, 0.3) is 0 Å². The van der Waals surface area contributed by atoms with E-state index >= 15 is 0 Å². The number of anilines is 1. The predicted octanol–water partition coefficient (Wildman–Crippen LogP) is 4.20. The molecule has 2 aromatic rings. The van der Waals surface area contributed by atoms with E-state index < -0.39 is 0 Å². The molecule has 0 radical (unpaired) electrons. The highest BCUT2D eigenvalue weighted by Crippen LogP contribution is 2.34. The summed E-state index contributed by atoms with van der Waals surface area (Å²) >= 11 is 0. The summed E-state index contributed by atoms with van der Waals surface area (Å²) in [5.74, 6) is 2.26. The van der Waals surface area contributed by atoms with Crippen LogP contribution in [-0.4, -0.2) is 33.9 Å². The van der Waals surface area contributed by atoms with Crippen LogP contribution < -0.4 is 24.8 Å². The van der Waals surface area contributed by atoms with Gasteiger partial charge in [-0.25, -0.2) is 4.79 Å². The van der Waals surface area contributed by atoms with Gasteiger partial charge in [0, 0.05) is 18.3 Å². The summed E-state index contributed by atoms with van der Waals surface area (Å²) in [7, 11) is 4.78. The van der Waals surface area contributed by atoms with E-state index in [2.05, 4.69) is 24.5 Å². The van der Waals surface area contributed by atoms with E-state index in [1.54, 1.807) is 27.4 Å². The first-order valence-electron chi connectivity index (χ1n) is 8.92. The van der Waals surface area contributed by atoms with Crippen molar-refractivity contribution in [1.29, 1.82) is 0 Å². The minimum atomic E-state index is -0.234. The Balaban J connectivity index is 1.99. The van der Waals surface area contributed by atoms with E-state index in [-0.39, 0.29) is 6.03 Å². The van der Waals surface area contributed by atoms with Gasteiger partial charge < -0.3 is 24.8 Å². The van der Waals surface area contributed by atoms with Gasteiger partial charge in [0.15, 0.2) is 11.5 Å². The number of benzene rings is 2. The maximum Gasteiger partial charge on any atom is 0.319 e. The van der Waals surface area contributed by atoms with Crippen LogP contribution in [0.4, 0.5) is 10.5 Å². The predicted molar refractivity (Wildman–Crippen MR) is 107 cm³/mol. The number of ether oxygens (including phenoxy) is 3. The first kappa shape index (κ1) is 20.4. The molecule has 0 aliphatic heterocycles. The second-order valence-electron chi connectivity index (χ2n) is 6.39. The molecule has 2 amide bonds. The largest absolute Gasteiger partial charge is 0.496 e. The van der Waals surface area contributed by atoms with Crippen molar-refractivity contribution >= 4 is 11.7 Å². The zero-order valence-electron chi connectivity index (χ0n) is 16.6. The number of para-hydroxylation sites is 1. The van der Waals surface area contributed by atoms with Gasteiger partial charge in [-0.3, -0.25) is 0 Å². The number of urea groups is 1. The van der Waals surface area contributed by atoms with Crippen molar-refractivity contribution in [2.24, 2.45) is 0 Å². The van der Waals surface area contributed by atoms with Crippen LogP contribution in [-0.2, 0) is 6.42 Å². The number of hydrogen-bond donors (Lipinski definition) is 2. The lowest BCUT2D eigenvalue weighted by Crippen LogP contribution is -2.30. The lowest BCUT2D eigenvalue weighted by atomic mass is 10.0. The number of methoxy groups -OCH3 is 3. The van der Waals surface area contributed by atoms with Gasteiger partial charge in [0.2, 0.25) is 0 Å². The summed E-state index contributed by atoms with van der Waals surface area (Å²) in [6.45, 7) is 4.66. The molecule has 0 aliphatic carbocycles. The molecule has 0 bridgehead atoms. The first-order valence-corrected chi connectivity index (χ1v) is 8.92. The Bertz CT molecular complexity index is 775. The molecular weight excluding hydrogens is 344 g/mol. The van der Waals surface area contributed by atoms with Gasteiger partial charge in [0.1, 0.15) is 5.75 Å². The first-order chi connectivity index (χ1) is 13.0. The number of amides is 2. The maximum atomic E-state index is 12.3. The van der Waals surface area contributed by atoms with E-state index in [1.165, 1.54) is 0 Å². The van der Waals surface area contributed by atoms with Crippen LogP contribution in [0.2, 0.25) is 0 Å². The van der Waals surface area contributed by atoms with E-state index in [0.29, 0.717) is 36.1 Å². The van der Waals surface area contributed by atoms with Crippen LogP contribution in [0.1, 0.15) is 30.9 Å². The number of nitrogens with one attached hydrogen (secondary N) is 2. The molecule has 2 N–H and O–H groups in total. The number of hydrogen-bond acceptors (Lipinski definition) is 4. The van der Waals surface area contributed by atoms with Gasteiger partial charge in [-0.05, 0) is 35.6 Å². The van der Waals surface area contributed by atoms with E-state index in [9.17, 15) is 4.79 Å². The highest BCUT2D eigenvalue weighted by Gasteiger charge is 2.13. The highest BCUT2D eigenvalue weighted by atomic mass is 16.5. The maximum absolute atomic E-state index is 12.3. The topological polar surface area (TPSA) is 68.8 Å². The number of carbonyl (C=O) groups excluding carboxylic acids is 1. The second kappa shape index (κ2) is 9.71. The molecule has 2 aromatic carbocycles. The molecule has 0 saturated heterocycles. The average Bonchev–Trinajstić information content (AvgIpc) is 2.67. The third-order valence-corrected chi connectivity index (χ3v) is 4.30. The molecule has 6 nitrogen and oxygen atoms in total. The second-order valence-corrected chi connectivity index (χ2v) is 6.39. The quantitative estimate of drug-likeness (QED) is 0.729. The summed E-state index contributed by atoms with van der Waals surface area (Å²) < 4.78 is 16.0. The fourth-order valence-corrected chi connectivity index (χ4v) is 2.88. The van der Waals surface area contributed by atoms with Crippen molar-refractivity contribution in [1.82, 2.24) is 5.32 Å². The molecule has 0 atom stereocenters. The van der Waals surface area contributed by atoms with Crippen molar-refractivity contribution in [2.45, 2.75) is 26.2 Å². The van der Waals surface area contributed by atoms with Crippen LogP contribution in [0, 0.1) is 0 Å². The van der Waals surface area contributed by atoms with Crippen molar-refractivity contribution in [3.8, 4) is 17.2 Å². The Labute approximate surface area is 160 Å². The Kier molecular flexibility index (Phi) is 7.34. The Hall–Kier alpha value is -2.89. The standard InChI is InChI=1S/C21H28N2O4/c1-14(2)16-8-6-7-9-17(16)23-21(24)22-11-10-15-12-19(26-4)20(27-5)13-18(15)25-3/h6-9,12-14H,10-11H2,1-5H3,(H2,22,23,24). The number of carbonyl (C=O) groups is 1. The Morgan fingerprint density at radius 3 is 2.22 bits per heavy atom. The third-order valence-electron chi connectivity index (χ3n) is 4.30. The van der Waals surface area contributed by atoms with E-state index in [1.807, 2.05) is 30.3 Å². The fourth-order valence-electron chi connectivity index (χ4n) is 2.88. The molecule has 27 heavy (non-hydrogen) atoms. The van der Waals surface area contributed by atoms with Crippen molar-refractivity contribution < 1.29 is 19.0 Å². The van der Waals surface area contributed by atoms with Gasteiger partial charge in [-0.15, -0.1) is 0 Å². The molecule has 2 rings (SSSR count). The molecule has 0 heterocycles. The summed E-state index contributed by atoms with van der Waals surface area (Å²) in [6, 6.07) is 11.2. The minimum Gasteiger partial charge on any atom is -0.496 e. The molecule has 0 unspecified atom stereocenters. The summed E-state index contributed by atoms with van der Waals surface area (Å²) in [5.41, 5.74) is 2.86. The van der Waals surface area contributed by atoms with Crippen molar-refractivity contribution in [2.75, 3.05) is 33.2 Å². The third kappa shape index (κ3) is 5.29. The monoisotopic (exact) mass is 372 g/mol. The van der Waals surface area contributed by atoms with Gasteiger partial charge in [-0.1, -0.05) is 32.0 Å². The molecule has 0 saturated carbocycles. The zero-order valence-corrected chi connectivity index (χ0v) is 16.6. The van der Waals surface area contributed by atoms with Crippen molar-refractivity contribution in [3.63, 3.8) is 0 Å². The normalized spacial score (nSPS) is 10.4. The molecule has 0 aromatic heterocycles. The van der Waals surface area contributed by atoms with Crippen LogP contribution in [0.3, 0.4) is 0 Å². The van der Waals surface area contributed by atoms with Gasteiger partial charge in [0.05, 0.1) is 21.3 Å². The molecule has 6 heteroatoms. The lowest BCUT2D eigenvalue weighted by molar-refractivity contribution is 0.252. The van der Waals surface area contributed by atoms with Crippen LogP contribution >= 0.6 is 0 Å². The van der Waals surface area contributed by atoms with Crippen LogP contribution in [0.15, 0.2) is 36.4 Å². The van der Waals surface area contributed by atoms with Gasteiger partial charge >= 0.3 is 6.03 Å². The minimum absolute atomic E-state index is 0.234. The fraction of sp³-hybridized carbons (Fsp3) is 0.381. The van der Waals surface area contributed by atoms with Gasteiger partial charge in [0.25, 0.3) is 0 Å². The summed E-state index contributed by atoms with van der Waals surface area (Å²) in [5, 5.41) is 5.81. The van der Waals surface area contributed by atoms with Crippen LogP contribution in [0.5, 0.6) is 17.2 Å². The SMILES string of the molecule is COc1cc(OC)c(OC)cc1CCNC(=O)Nc1ccccc1C(C)C. The Morgan fingerprint density at radius 2 is 1.59 bits per heavy atom.